The zero-order chi connectivity index (χ0) is 17.5. The smallest absolute Gasteiger partial charge is 0.223 e. The molecule has 3 rings (SSSR count). The van der Waals surface area contributed by atoms with E-state index in [9.17, 15) is 4.79 Å². The lowest BCUT2D eigenvalue weighted by molar-refractivity contribution is -0.126. The van der Waals surface area contributed by atoms with Crippen molar-refractivity contribution >= 4 is 5.91 Å². The van der Waals surface area contributed by atoms with Crippen LogP contribution in [-0.4, -0.2) is 48.1 Å². The molecule has 1 amide bonds. The molecule has 2 heterocycles. The first-order chi connectivity index (χ1) is 12.2. The van der Waals surface area contributed by atoms with Crippen LogP contribution >= 0.6 is 0 Å². The number of hydrogen-bond donors (Lipinski definition) is 1. The summed E-state index contributed by atoms with van der Waals surface area (Å²) in [6.07, 6.45) is 9.26. The van der Waals surface area contributed by atoms with Crippen LogP contribution < -0.4 is 5.32 Å². The van der Waals surface area contributed by atoms with Gasteiger partial charge in [-0.3, -0.25) is 14.7 Å². The molecule has 0 aromatic carbocycles. The number of nitrogens with zero attached hydrogens (tertiary/aromatic N) is 2. The summed E-state index contributed by atoms with van der Waals surface area (Å²) in [6, 6.07) is 4.13. The van der Waals surface area contributed by atoms with Gasteiger partial charge in [0.1, 0.15) is 0 Å². The standard InChI is InChI=1S/C20H31N3O2/c1-16-2-4-18(5-3-16)20(24)22-11-8-19-15-23(12-13-25-19)14-17-6-9-21-10-7-17/h6-7,9-10,16,18-19H,2-5,8,11-15H2,1H3,(H,22,24)/t16?,18?,19-/m0/s1. The van der Waals surface area contributed by atoms with Crippen molar-refractivity contribution in [1.29, 1.82) is 0 Å². The minimum absolute atomic E-state index is 0.210. The lowest BCUT2D eigenvalue weighted by Crippen LogP contribution is -2.43. The number of morpholine rings is 1. The summed E-state index contributed by atoms with van der Waals surface area (Å²) in [7, 11) is 0. The van der Waals surface area contributed by atoms with E-state index in [2.05, 4.69) is 34.3 Å². The molecule has 2 aliphatic rings. The van der Waals surface area contributed by atoms with Crippen LogP contribution in [0.3, 0.4) is 0 Å². The average molecular weight is 345 g/mol. The molecule has 1 saturated heterocycles. The number of pyridine rings is 1. The maximum absolute atomic E-state index is 12.3. The van der Waals surface area contributed by atoms with Crippen LogP contribution in [0.1, 0.15) is 44.6 Å². The molecule has 0 bridgehead atoms. The Hall–Kier alpha value is -1.46. The Kier molecular flexibility index (Phi) is 6.82. The Morgan fingerprint density at radius 2 is 2.04 bits per heavy atom. The Labute approximate surface area is 151 Å². The van der Waals surface area contributed by atoms with Gasteiger partial charge in [0.05, 0.1) is 12.7 Å². The summed E-state index contributed by atoms with van der Waals surface area (Å²) in [5.41, 5.74) is 1.29. The van der Waals surface area contributed by atoms with E-state index in [1.165, 1.54) is 18.4 Å². The van der Waals surface area contributed by atoms with E-state index in [1.54, 1.807) is 0 Å². The van der Waals surface area contributed by atoms with Crippen molar-refractivity contribution in [2.24, 2.45) is 11.8 Å². The van der Waals surface area contributed by atoms with E-state index in [4.69, 9.17) is 4.74 Å². The zero-order valence-electron chi connectivity index (χ0n) is 15.3. The first kappa shape index (κ1) is 18.3. The predicted octanol–water partition coefficient (Wildman–Crippen LogP) is 2.62. The van der Waals surface area contributed by atoms with Gasteiger partial charge in [0, 0.05) is 44.5 Å². The third kappa shape index (κ3) is 5.79. The summed E-state index contributed by atoms with van der Waals surface area (Å²) < 4.78 is 5.88. The van der Waals surface area contributed by atoms with Crippen molar-refractivity contribution in [3.63, 3.8) is 0 Å². The Morgan fingerprint density at radius 1 is 1.28 bits per heavy atom. The second kappa shape index (κ2) is 9.30. The molecular weight excluding hydrogens is 314 g/mol. The predicted molar refractivity (Wildman–Crippen MR) is 98.0 cm³/mol. The number of nitrogens with one attached hydrogen (secondary N) is 1. The quantitative estimate of drug-likeness (QED) is 0.861. The molecule has 2 fully saturated rings. The van der Waals surface area contributed by atoms with Gasteiger partial charge in [-0.1, -0.05) is 6.92 Å². The molecule has 1 N–H and O–H groups in total. The van der Waals surface area contributed by atoms with Crippen molar-refractivity contribution in [3.8, 4) is 0 Å². The SMILES string of the molecule is CC1CCC(C(=O)NCC[C@H]2CN(Cc3ccncc3)CCO2)CC1. The Morgan fingerprint density at radius 3 is 2.80 bits per heavy atom. The molecule has 1 saturated carbocycles. The van der Waals surface area contributed by atoms with Gasteiger partial charge in [-0.05, 0) is 55.7 Å². The van der Waals surface area contributed by atoms with Crippen LogP contribution in [-0.2, 0) is 16.1 Å². The van der Waals surface area contributed by atoms with Crippen LogP contribution in [0.4, 0.5) is 0 Å². The van der Waals surface area contributed by atoms with E-state index in [1.807, 2.05) is 12.4 Å². The highest BCUT2D eigenvalue weighted by Crippen LogP contribution is 2.28. The number of aromatic nitrogens is 1. The van der Waals surface area contributed by atoms with Crippen molar-refractivity contribution in [1.82, 2.24) is 15.2 Å². The molecule has 138 valence electrons. The van der Waals surface area contributed by atoms with Gasteiger partial charge < -0.3 is 10.1 Å². The fourth-order valence-electron chi connectivity index (χ4n) is 3.87. The monoisotopic (exact) mass is 345 g/mol. The minimum atomic E-state index is 0.210. The zero-order valence-corrected chi connectivity index (χ0v) is 15.3. The Bertz CT molecular complexity index is 529. The van der Waals surface area contributed by atoms with Gasteiger partial charge >= 0.3 is 0 Å². The van der Waals surface area contributed by atoms with Gasteiger partial charge in [-0.15, -0.1) is 0 Å². The first-order valence-electron chi connectivity index (χ1n) is 9.71. The van der Waals surface area contributed by atoms with Gasteiger partial charge in [-0.2, -0.15) is 0 Å². The molecule has 0 radical (unpaired) electrons. The van der Waals surface area contributed by atoms with Gasteiger partial charge in [0.25, 0.3) is 0 Å². The molecular formula is C20H31N3O2. The molecule has 0 spiro atoms. The number of hydrogen-bond acceptors (Lipinski definition) is 4. The van der Waals surface area contributed by atoms with Crippen LogP contribution in [0.15, 0.2) is 24.5 Å². The summed E-state index contributed by atoms with van der Waals surface area (Å²) >= 11 is 0. The molecule has 1 aliphatic carbocycles. The highest BCUT2D eigenvalue weighted by atomic mass is 16.5. The topological polar surface area (TPSA) is 54.5 Å². The van der Waals surface area contributed by atoms with E-state index < -0.39 is 0 Å². The van der Waals surface area contributed by atoms with Crippen LogP contribution in [0, 0.1) is 11.8 Å². The van der Waals surface area contributed by atoms with Crippen LogP contribution in [0.5, 0.6) is 0 Å². The minimum Gasteiger partial charge on any atom is -0.375 e. The fraction of sp³-hybridized carbons (Fsp3) is 0.700. The number of rotatable bonds is 6. The van der Waals surface area contributed by atoms with Crippen molar-refractivity contribution in [2.75, 3.05) is 26.2 Å². The molecule has 5 nitrogen and oxygen atoms in total. The molecule has 1 aromatic rings. The summed E-state index contributed by atoms with van der Waals surface area (Å²) in [5.74, 6) is 1.26. The van der Waals surface area contributed by atoms with Gasteiger partial charge in [0.2, 0.25) is 5.91 Å². The number of carbonyl (C=O) groups excluding carboxylic acids is 1. The van der Waals surface area contributed by atoms with Crippen LogP contribution in [0.25, 0.3) is 0 Å². The fourth-order valence-corrected chi connectivity index (χ4v) is 3.87. The second-order valence-corrected chi connectivity index (χ2v) is 7.62. The van der Waals surface area contributed by atoms with Crippen LogP contribution in [0.2, 0.25) is 0 Å². The maximum atomic E-state index is 12.3. The third-order valence-corrected chi connectivity index (χ3v) is 5.53. The molecule has 1 atom stereocenters. The summed E-state index contributed by atoms with van der Waals surface area (Å²) in [6.45, 7) is 6.61. The van der Waals surface area contributed by atoms with Gasteiger partial charge in [0.15, 0.2) is 0 Å². The van der Waals surface area contributed by atoms with Crippen molar-refractivity contribution < 1.29 is 9.53 Å². The lowest BCUT2D eigenvalue weighted by Gasteiger charge is -2.33. The van der Waals surface area contributed by atoms with E-state index >= 15 is 0 Å². The largest absolute Gasteiger partial charge is 0.375 e. The first-order valence-corrected chi connectivity index (χ1v) is 9.71. The summed E-state index contributed by atoms with van der Waals surface area (Å²) in [4.78, 5) is 18.8. The molecule has 5 heteroatoms. The molecule has 25 heavy (non-hydrogen) atoms. The number of ether oxygens (including phenoxy) is 1. The molecule has 1 aromatic heterocycles. The maximum Gasteiger partial charge on any atom is 0.223 e. The number of carbonyl (C=O) groups is 1. The second-order valence-electron chi connectivity index (χ2n) is 7.62. The van der Waals surface area contributed by atoms with Gasteiger partial charge in [-0.25, -0.2) is 0 Å². The average Bonchev–Trinajstić information content (AvgIpc) is 2.63. The molecule has 0 unspecified atom stereocenters. The van der Waals surface area contributed by atoms with E-state index in [0.717, 1.165) is 58.0 Å². The third-order valence-electron chi connectivity index (χ3n) is 5.53. The van der Waals surface area contributed by atoms with Crippen molar-refractivity contribution in [3.05, 3.63) is 30.1 Å². The lowest BCUT2D eigenvalue weighted by atomic mass is 9.82. The van der Waals surface area contributed by atoms with E-state index in [0.29, 0.717) is 0 Å². The molecule has 1 aliphatic heterocycles. The van der Waals surface area contributed by atoms with E-state index in [-0.39, 0.29) is 17.9 Å². The van der Waals surface area contributed by atoms with Crippen molar-refractivity contribution in [2.45, 2.75) is 51.7 Å². The number of amides is 1. The highest BCUT2D eigenvalue weighted by molar-refractivity contribution is 5.78. The normalized spacial score (nSPS) is 27.8. The Balaban J connectivity index is 1.36. The highest BCUT2D eigenvalue weighted by Gasteiger charge is 2.25. The summed E-state index contributed by atoms with van der Waals surface area (Å²) in [5, 5.41) is 3.13.